The second kappa shape index (κ2) is 9.51. The van der Waals surface area contributed by atoms with Gasteiger partial charge in [-0.15, -0.1) is 0 Å². The third-order valence-corrected chi connectivity index (χ3v) is 6.85. The normalized spacial score (nSPS) is 19.8. The van der Waals surface area contributed by atoms with Crippen LogP contribution in [0.25, 0.3) is 5.52 Å². The highest BCUT2D eigenvalue weighted by atomic mass is 35.5. The Bertz CT molecular complexity index is 1090. The molecule has 2 aliphatic rings. The largest absolute Gasteiger partial charge is 0.379 e. The van der Waals surface area contributed by atoms with E-state index in [9.17, 15) is 4.79 Å². The van der Waals surface area contributed by atoms with Crippen molar-refractivity contribution in [2.75, 3.05) is 44.3 Å². The third kappa shape index (κ3) is 4.48. The van der Waals surface area contributed by atoms with Crippen molar-refractivity contribution in [2.45, 2.75) is 25.7 Å². The number of anilines is 1. The van der Waals surface area contributed by atoms with Gasteiger partial charge in [-0.3, -0.25) is 9.78 Å². The maximum absolute atomic E-state index is 13.5. The van der Waals surface area contributed by atoms with Gasteiger partial charge in [0.25, 0.3) is 5.91 Å². The van der Waals surface area contributed by atoms with Gasteiger partial charge in [0.05, 0.1) is 35.1 Å². The van der Waals surface area contributed by atoms with Crippen molar-refractivity contribution in [3.05, 3.63) is 65.2 Å². The van der Waals surface area contributed by atoms with Gasteiger partial charge in [0.15, 0.2) is 0 Å². The number of rotatable bonds is 4. The molecule has 1 atom stereocenters. The van der Waals surface area contributed by atoms with E-state index in [0.717, 1.165) is 36.4 Å². The van der Waals surface area contributed by atoms with Crippen molar-refractivity contribution < 1.29 is 9.53 Å². The van der Waals surface area contributed by atoms with Crippen molar-refractivity contribution >= 4 is 28.7 Å². The van der Waals surface area contributed by atoms with Crippen LogP contribution in [-0.2, 0) is 11.2 Å². The average molecular weight is 453 g/mol. The summed E-state index contributed by atoms with van der Waals surface area (Å²) in [6.45, 7) is 4.43. The summed E-state index contributed by atoms with van der Waals surface area (Å²) in [5.41, 5.74) is 3.82. The van der Waals surface area contributed by atoms with E-state index >= 15 is 0 Å². The molecule has 0 radical (unpaired) electrons. The van der Waals surface area contributed by atoms with Crippen molar-refractivity contribution in [3.8, 4) is 0 Å². The minimum Gasteiger partial charge on any atom is -0.379 e. The summed E-state index contributed by atoms with van der Waals surface area (Å²) in [4.78, 5) is 22.3. The van der Waals surface area contributed by atoms with E-state index in [1.807, 2.05) is 47.8 Å². The molecule has 0 aliphatic carbocycles. The minimum atomic E-state index is 0.0456. The number of fused-ring (bicyclic) bond motifs is 1. The SMILES string of the molecule is O=C(c1ccc(Cl)c(N2CCCCC2)c1)N1CCOC[C@H](Cc2nccn3cccc23)C1. The number of piperidine rings is 1. The Hall–Kier alpha value is -2.57. The van der Waals surface area contributed by atoms with Gasteiger partial charge in [-0.2, -0.15) is 0 Å². The van der Waals surface area contributed by atoms with E-state index in [1.54, 1.807) is 0 Å². The Morgan fingerprint density at radius 3 is 2.88 bits per heavy atom. The Balaban J connectivity index is 1.33. The lowest BCUT2D eigenvalue weighted by molar-refractivity contribution is 0.0737. The number of ether oxygens (including phenoxy) is 1. The first-order valence-electron chi connectivity index (χ1n) is 11.5. The number of carbonyl (C=O) groups excluding carboxylic acids is 1. The summed E-state index contributed by atoms with van der Waals surface area (Å²) in [5, 5.41) is 0.715. The van der Waals surface area contributed by atoms with Gasteiger partial charge in [-0.25, -0.2) is 0 Å². The highest BCUT2D eigenvalue weighted by Crippen LogP contribution is 2.30. The number of aromatic nitrogens is 2. The second-order valence-electron chi connectivity index (χ2n) is 8.78. The fourth-order valence-electron chi connectivity index (χ4n) is 4.85. The van der Waals surface area contributed by atoms with Gasteiger partial charge in [-0.1, -0.05) is 11.6 Å². The molecule has 32 heavy (non-hydrogen) atoms. The monoisotopic (exact) mass is 452 g/mol. The minimum absolute atomic E-state index is 0.0456. The Morgan fingerprint density at radius 2 is 2.00 bits per heavy atom. The van der Waals surface area contributed by atoms with Crippen molar-refractivity contribution in [1.82, 2.24) is 14.3 Å². The molecular formula is C25H29ClN4O2. The van der Waals surface area contributed by atoms with Crippen LogP contribution in [0.2, 0.25) is 5.02 Å². The van der Waals surface area contributed by atoms with Crippen molar-refractivity contribution in [1.29, 1.82) is 0 Å². The summed E-state index contributed by atoms with van der Waals surface area (Å²) in [6, 6.07) is 9.79. The molecule has 1 amide bonds. The first-order valence-corrected chi connectivity index (χ1v) is 11.9. The molecule has 2 fully saturated rings. The van der Waals surface area contributed by atoms with E-state index in [-0.39, 0.29) is 11.8 Å². The Kier molecular flexibility index (Phi) is 6.32. The van der Waals surface area contributed by atoms with E-state index in [0.29, 0.717) is 36.9 Å². The zero-order chi connectivity index (χ0) is 21.9. The maximum Gasteiger partial charge on any atom is 0.254 e. The molecule has 168 valence electrons. The molecule has 0 N–H and O–H groups in total. The zero-order valence-corrected chi connectivity index (χ0v) is 19.0. The maximum atomic E-state index is 13.5. The molecule has 0 bridgehead atoms. The van der Waals surface area contributed by atoms with Gasteiger partial charge < -0.3 is 18.9 Å². The summed E-state index contributed by atoms with van der Waals surface area (Å²) >= 11 is 6.50. The van der Waals surface area contributed by atoms with Gasteiger partial charge in [0, 0.05) is 56.3 Å². The van der Waals surface area contributed by atoms with Crippen LogP contribution in [0.15, 0.2) is 48.9 Å². The quantitative estimate of drug-likeness (QED) is 0.592. The van der Waals surface area contributed by atoms with E-state index in [2.05, 4.69) is 20.4 Å². The van der Waals surface area contributed by atoms with Crippen LogP contribution in [0.4, 0.5) is 5.69 Å². The number of nitrogens with zero attached hydrogens (tertiary/aromatic N) is 4. The van der Waals surface area contributed by atoms with E-state index in [1.165, 1.54) is 19.3 Å². The average Bonchev–Trinajstić information content (AvgIpc) is 3.19. The predicted molar refractivity (Wildman–Crippen MR) is 127 cm³/mol. The number of carbonyl (C=O) groups is 1. The molecular weight excluding hydrogens is 424 g/mol. The van der Waals surface area contributed by atoms with Crippen molar-refractivity contribution in [3.63, 3.8) is 0 Å². The Labute approximate surface area is 193 Å². The topological polar surface area (TPSA) is 50.1 Å². The summed E-state index contributed by atoms with van der Waals surface area (Å²) in [7, 11) is 0. The van der Waals surface area contributed by atoms with Crippen LogP contribution in [-0.4, -0.2) is 59.6 Å². The summed E-state index contributed by atoms with van der Waals surface area (Å²) in [6.07, 6.45) is 10.2. The molecule has 1 aromatic carbocycles. The number of halogens is 1. The molecule has 6 nitrogen and oxygen atoms in total. The van der Waals surface area contributed by atoms with E-state index < -0.39 is 0 Å². The van der Waals surface area contributed by atoms with Gasteiger partial charge in [-0.05, 0) is 56.0 Å². The van der Waals surface area contributed by atoms with Crippen LogP contribution >= 0.6 is 11.6 Å². The smallest absolute Gasteiger partial charge is 0.254 e. The van der Waals surface area contributed by atoms with Crippen LogP contribution in [0.1, 0.15) is 35.3 Å². The first-order chi connectivity index (χ1) is 15.7. The number of hydrogen-bond donors (Lipinski definition) is 0. The molecule has 5 rings (SSSR count). The first kappa shape index (κ1) is 21.3. The highest BCUT2D eigenvalue weighted by molar-refractivity contribution is 6.33. The number of hydrogen-bond acceptors (Lipinski definition) is 4. The van der Waals surface area contributed by atoms with E-state index in [4.69, 9.17) is 16.3 Å². The third-order valence-electron chi connectivity index (χ3n) is 6.53. The lowest BCUT2D eigenvalue weighted by atomic mass is 10.0. The van der Waals surface area contributed by atoms with Crippen LogP contribution in [0.5, 0.6) is 0 Å². The molecule has 0 unspecified atom stereocenters. The molecule has 2 saturated heterocycles. The fourth-order valence-corrected chi connectivity index (χ4v) is 5.09. The van der Waals surface area contributed by atoms with Crippen molar-refractivity contribution in [2.24, 2.45) is 5.92 Å². The summed E-state index contributed by atoms with van der Waals surface area (Å²) < 4.78 is 7.95. The molecule has 3 aromatic rings. The lowest BCUT2D eigenvalue weighted by Gasteiger charge is -2.30. The Morgan fingerprint density at radius 1 is 1.12 bits per heavy atom. The molecule has 2 aliphatic heterocycles. The number of amides is 1. The zero-order valence-electron chi connectivity index (χ0n) is 18.3. The molecule has 0 saturated carbocycles. The second-order valence-corrected chi connectivity index (χ2v) is 9.19. The molecule has 2 aromatic heterocycles. The van der Waals surface area contributed by atoms with Crippen LogP contribution in [0, 0.1) is 5.92 Å². The molecule has 4 heterocycles. The molecule has 7 heteroatoms. The fraction of sp³-hybridized carbons (Fsp3) is 0.440. The van der Waals surface area contributed by atoms with Crippen LogP contribution in [0.3, 0.4) is 0 Å². The number of benzene rings is 1. The standard InChI is InChI=1S/C25H29ClN4O2/c26-21-7-6-20(16-24(21)28-9-2-1-3-10-28)25(31)30-13-14-32-18-19(17-30)15-22-23-5-4-11-29(23)12-8-27-22/h4-8,11-12,16,19H,1-3,9-10,13-15,17-18H2/t19-/m1/s1. The van der Waals surface area contributed by atoms with Gasteiger partial charge in [0.2, 0.25) is 0 Å². The van der Waals surface area contributed by atoms with Gasteiger partial charge in [0.1, 0.15) is 0 Å². The van der Waals surface area contributed by atoms with Crippen LogP contribution < -0.4 is 4.90 Å². The van der Waals surface area contributed by atoms with Gasteiger partial charge >= 0.3 is 0 Å². The molecule has 0 spiro atoms. The predicted octanol–water partition coefficient (Wildman–Crippen LogP) is 4.31. The highest BCUT2D eigenvalue weighted by Gasteiger charge is 2.25. The summed E-state index contributed by atoms with van der Waals surface area (Å²) in [5.74, 6) is 0.244. The lowest BCUT2D eigenvalue weighted by Crippen LogP contribution is -2.37.